The Morgan fingerprint density at radius 3 is 2.29 bits per heavy atom. The SMILES string of the molecule is CCCCCc1ccc(S(=O)(=O)[As]C(C(C)C)P(=O)(O)CC(C(=O)O)c2cccc(CN)c2)cc1. The second kappa shape index (κ2) is 13.2. The number of rotatable bonds is 14. The Hall–Kier alpha value is -1.43. The van der Waals surface area contributed by atoms with Crippen molar-refractivity contribution in [3.63, 3.8) is 0 Å². The van der Waals surface area contributed by atoms with E-state index in [1.54, 1.807) is 62.4 Å². The minimum absolute atomic E-state index is 0.146. The standard InChI is InChI=1S/C25H36AsNO6PS/c1-4-5-6-8-19-11-13-22(14-12-19)35(32,33)26-24(18(2)3)34(30,31)17-23(25(28)29)21-10-7-9-20(15-21)16-27/h7,9-15,18,23-24H,4-6,8,16-17,27H2,1-3H3,(H,28,29)(H,30,31). The van der Waals surface area contributed by atoms with Crippen LogP contribution in [0.2, 0.25) is 0 Å². The summed E-state index contributed by atoms with van der Waals surface area (Å²) in [5, 5.41) is 9.81. The topological polar surface area (TPSA) is 135 Å². The average molecular weight is 585 g/mol. The van der Waals surface area contributed by atoms with Gasteiger partial charge < -0.3 is 0 Å². The van der Waals surface area contributed by atoms with Crippen LogP contribution in [0.15, 0.2) is 53.4 Å². The first-order chi connectivity index (χ1) is 16.4. The Balaban J connectivity index is 2.27. The van der Waals surface area contributed by atoms with Crippen LogP contribution in [0.5, 0.6) is 0 Å². The monoisotopic (exact) mass is 584 g/mol. The second-order valence-electron chi connectivity index (χ2n) is 9.12. The summed E-state index contributed by atoms with van der Waals surface area (Å²) in [5.41, 5.74) is 7.82. The molecule has 0 saturated heterocycles. The van der Waals surface area contributed by atoms with Crippen LogP contribution < -0.4 is 5.73 Å². The van der Waals surface area contributed by atoms with Crippen LogP contribution in [0, 0.1) is 5.92 Å². The minimum atomic E-state index is -4.15. The predicted octanol–water partition coefficient (Wildman–Crippen LogP) is 4.39. The van der Waals surface area contributed by atoms with E-state index in [4.69, 9.17) is 5.73 Å². The zero-order chi connectivity index (χ0) is 26.2. The first-order valence-corrected chi connectivity index (χ1v) is 18.5. The molecule has 0 aliphatic carbocycles. The van der Waals surface area contributed by atoms with E-state index in [1.807, 2.05) is 0 Å². The van der Waals surface area contributed by atoms with Gasteiger partial charge in [-0.05, 0) is 0 Å². The summed E-state index contributed by atoms with van der Waals surface area (Å²) in [5.74, 6) is -2.86. The molecule has 3 unspecified atom stereocenters. The van der Waals surface area contributed by atoms with E-state index in [2.05, 4.69) is 6.92 Å². The van der Waals surface area contributed by atoms with Gasteiger partial charge in [0.05, 0.1) is 0 Å². The first-order valence-electron chi connectivity index (χ1n) is 11.8. The van der Waals surface area contributed by atoms with Crippen molar-refractivity contribution in [2.45, 2.75) is 68.3 Å². The van der Waals surface area contributed by atoms with Crippen LogP contribution in [-0.2, 0) is 30.4 Å². The van der Waals surface area contributed by atoms with Gasteiger partial charge in [-0.2, -0.15) is 0 Å². The molecule has 10 heteroatoms. The molecule has 4 N–H and O–H groups in total. The number of carbonyl (C=O) groups is 1. The Kier molecular flexibility index (Phi) is 11.2. The van der Waals surface area contributed by atoms with Crippen LogP contribution in [0.25, 0.3) is 0 Å². The Bertz CT molecular complexity index is 1140. The summed E-state index contributed by atoms with van der Waals surface area (Å²) in [6.07, 6.45) is 3.61. The van der Waals surface area contributed by atoms with E-state index >= 15 is 0 Å². The fraction of sp³-hybridized carbons (Fsp3) is 0.480. The summed E-state index contributed by atoms with van der Waals surface area (Å²) in [6, 6.07) is 13.4. The van der Waals surface area contributed by atoms with Crippen molar-refractivity contribution in [1.82, 2.24) is 0 Å². The van der Waals surface area contributed by atoms with Gasteiger partial charge in [0.25, 0.3) is 0 Å². The summed E-state index contributed by atoms with van der Waals surface area (Å²) < 4.78 is 39.0. The summed E-state index contributed by atoms with van der Waals surface area (Å²) in [7, 11) is -7.92. The second-order valence-corrected chi connectivity index (χ2v) is 19.6. The number of carboxylic acid groups (broad SMARTS) is 1. The van der Waals surface area contributed by atoms with Crippen molar-refractivity contribution in [2.24, 2.45) is 11.7 Å². The Morgan fingerprint density at radius 2 is 1.74 bits per heavy atom. The molecule has 0 aliphatic rings. The zero-order valence-electron chi connectivity index (χ0n) is 20.5. The van der Waals surface area contributed by atoms with Gasteiger partial charge in [-0.15, -0.1) is 0 Å². The van der Waals surface area contributed by atoms with Crippen molar-refractivity contribution in [2.75, 3.05) is 6.16 Å². The third-order valence-corrected chi connectivity index (χ3v) is 19.0. The van der Waals surface area contributed by atoms with Crippen LogP contribution in [0.1, 0.15) is 62.6 Å². The van der Waals surface area contributed by atoms with Crippen LogP contribution in [-0.4, -0.2) is 49.6 Å². The number of carboxylic acids is 1. The first kappa shape index (κ1) is 29.8. The maximum atomic E-state index is 13.5. The number of aliphatic carboxylic acids is 1. The molecule has 1 radical (unpaired) electrons. The number of nitrogens with two attached hydrogens (primary N) is 1. The number of unbranched alkanes of at least 4 members (excludes halogenated alkanes) is 2. The fourth-order valence-electron chi connectivity index (χ4n) is 3.90. The van der Waals surface area contributed by atoms with Crippen LogP contribution in [0.3, 0.4) is 0 Å². The van der Waals surface area contributed by atoms with Crippen molar-refractivity contribution in [1.29, 1.82) is 0 Å². The summed E-state index contributed by atoms with van der Waals surface area (Å²) >= 11 is -1.62. The molecule has 193 valence electrons. The van der Waals surface area contributed by atoms with Crippen molar-refractivity contribution in [3.05, 3.63) is 65.2 Å². The third-order valence-electron chi connectivity index (χ3n) is 5.88. The normalized spacial score (nSPS) is 15.8. The van der Waals surface area contributed by atoms with Crippen molar-refractivity contribution >= 4 is 36.0 Å². The van der Waals surface area contributed by atoms with Gasteiger partial charge in [0, 0.05) is 0 Å². The molecule has 0 fully saturated rings. The Labute approximate surface area is 214 Å². The van der Waals surface area contributed by atoms with Gasteiger partial charge >= 0.3 is 215 Å². The van der Waals surface area contributed by atoms with Gasteiger partial charge in [-0.3, -0.25) is 0 Å². The van der Waals surface area contributed by atoms with Crippen molar-refractivity contribution < 1.29 is 27.8 Å². The molecular weight excluding hydrogens is 548 g/mol. The number of hydrogen-bond donors (Lipinski definition) is 3. The fourth-order valence-corrected chi connectivity index (χ4v) is 17.8. The number of hydrogen-bond acceptors (Lipinski definition) is 5. The van der Waals surface area contributed by atoms with Gasteiger partial charge in [0.1, 0.15) is 0 Å². The van der Waals surface area contributed by atoms with E-state index in [0.29, 0.717) is 11.1 Å². The molecule has 3 atom stereocenters. The maximum absolute atomic E-state index is 13.5. The molecule has 2 aromatic rings. The quantitative estimate of drug-likeness (QED) is 0.170. The van der Waals surface area contributed by atoms with Gasteiger partial charge in [-0.25, -0.2) is 0 Å². The van der Waals surface area contributed by atoms with E-state index in [-0.39, 0.29) is 11.4 Å². The van der Waals surface area contributed by atoms with E-state index in [1.165, 1.54) is 0 Å². The number of aryl methyl sites for hydroxylation is 1. The zero-order valence-corrected chi connectivity index (χ0v) is 24.1. The molecule has 2 rings (SSSR count). The molecule has 7 nitrogen and oxygen atoms in total. The molecule has 0 aliphatic heterocycles. The molecule has 0 heterocycles. The predicted molar refractivity (Wildman–Crippen MR) is 141 cm³/mol. The summed E-state index contributed by atoms with van der Waals surface area (Å²) in [6.45, 7) is 5.76. The molecule has 35 heavy (non-hydrogen) atoms. The molecule has 0 spiro atoms. The molecule has 0 saturated carbocycles. The van der Waals surface area contributed by atoms with E-state index in [0.717, 1.165) is 31.2 Å². The molecule has 2 aromatic carbocycles. The molecule has 0 bridgehead atoms. The Morgan fingerprint density at radius 1 is 1.09 bits per heavy atom. The third kappa shape index (κ3) is 8.58. The van der Waals surface area contributed by atoms with E-state index in [9.17, 15) is 27.8 Å². The van der Waals surface area contributed by atoms with Crippen molar-refractivity contribution in [3.8, 4) is 0 Å². The average Bonchev–Trinajstić information content (AvgIpc) is 2.81. The summed E-state index contributed by atoms with van der Waals surface area (Å²) in [4.78, 5) is 23.2. The van der Waals surface area contributed by atoms with Gasteiger partial charge in [0.2, 0.25) is 0 Å². The van der Waals surface area contributed by atoms with Gasteiger partial charge in [-0.1, -0.05) is 0 Å². The molecule has 0 aromatic heterocycles. The molecule has 0 amide bonds. The van der Waals surface area contributed by atoms with Crippen LogP contribution in [0.4, 0.5) is 0 Å². The van der Waals surface area contributed by atoms with E-state index < -0.39 is 58.5 Å². The van der Waals surface area contributed by atoms with Crippen LogP contribution >= 0.6 is 7.37 Å². The molecular formula is C25H36AsNO6PS. The van der Waals surface area contributed by atoms with Gasteiger partial charge in [0.15, 0.2) is 0 Å². The number of benzene rings is 2.